The molecule has 0 saturated heterocycles. The van der Waals surface area contributed by atoms with Crippen LogP contribution in [-0.4, -0.2) is 32.8 Å². The number of methoxy groups -OCH3 is 1. The molecule has 1 rings (SSSR count). The first-order chi connectivity index (χ1) is 8.63. The number of hydrogen-bond acceptors (Lipinski definition) is 3. The van der Waals surface area contributed by atoms with Gasteiger partial charge in [0, 0.05) is 32.8 Å². The van der Waals surface area contributed by atoms with Crippen LogP contribution in [0.4, 0.5) is 8.78 Å². The minimum Gasteiger partial charge on any atom is -0.383 e. The molecule has 0 fully saturated rings. The van der Waals surface area contributed by atoms with E-state index in [9.17, 15) is 8.78 Å². The fourth-order valence-electron chi connectivity index (χ4n) is 1.51. The van der Waals surface area contributed by atoms with Crippen LogP contribution in [0.2, 0.25) is 0 Å². The lowest BCUT2D eigenvalue weighted by Gasteiger charge is -2.14. The molecule has 0 aliphatic carbocycles. The topological polar surface area (TPSA) is 33.3 Å². The Balaban J connectivity index is 2.24. The monoisotopic (exact) mass is 258 g/mol. The second-order valence-electron chi connectivity index (χ2n) is 4.23. The van der Waals surface area contributed by atoms with E-state index in [4.69, 9.17) is 4.74 Å². The molecule has 3 nitrogen and oxygen atoms in total. The van der Waals surface area contributed by atoms with Crippen molar-refractivity contribution >= 4 is 0 Å². The van der Waals surface area contributed by atoms with Crippen molar-refractivity contribution in [1.82, 2.24) is 10.6 Å². The van der Waals surface area contributed by atoms with Crippen molar-refractivity contribution in [3.05, 3.63) is 35.4 Å². The lowest BCUT2D eigenvalue weighted by molar-refractivity contribution is 0.198. The molecule has 0 amide bonds. The average Bonchev–Trinajstić information content (AvgIpc) is 2.36. The molecule has 2 N–H and O–H groups in total. The zero-order valence-electron chi connectivity index (χ0n) is 10.8. The van der Waals surface area contributed by atoms with Crippen LogP contribution >= 0.6 is 0 Å². The SMILES string of the molecule is COCCNCC(C)NCc1ccc(F)c(F)c1. The maximum atomic E-state index is 13.0. The van der Waals surface area contributed by atoms with Crippen LogP contribution in [0.25, 0.3) is 0 Å². The molecule has 1 aromatic carbocycles. The summed E-state index contributed by atoms with van der Waals surface area (Å²) in [5, 5.41) is 6.45. The summed E-state index contributed by atoms with van der Waals surface area (Å²) < 4.78 is 30.6. The second-order valence-corrected chi connectivity index (χ2v) is 4.23. The van der Waals surface area contributed by atoms with E-state index in [1.54, 1.807) is 13.2 Å². The van der Waals surface area contributed by atoms with Crippen LogP contribution in [0.3, 0.4) is 0 Å². The van der Waals surface area contributed by atoms with Gasteiger partial charge in [-0.05, 0) is 24.6 Å². The number of hydrogen-bond donors (Lipinski definition) is 2. The molecule has 102 valence electrons. The first kappa shape index (κ1) is 15.0. The quantitative estimate of drug-likeness (QED) is 0.696. The summed E-state index contributed by atoms with van der Waals surface area (Å²) in [7, 11) is 1.66. The molecule has 1 aromatic rings. The highest BCUT2D eigenvalue weighted by Crippen LogP contribution is 2.08. The molecule has 5 heteroatoms. The average molecular weight is 258 g/mol. The van der Waals surface area contributed by atoms with Gasteiger partial charge in [-0.15, -0.1) is 0 Å². The van der Waals surface area contributed by atoms with Crippen molar-refractivity contribution in [2.24, 2.45) is 0 Å². The Bertz CT molecular complexity index is 361. The van der Waals surface area contributed by atoms with E-state index < -0.39 is 11.6 Å². The predicted molar refractivity (Wildman–Crippen MR) is 67.4 cm³/mol. The standard InChI is InChI=1S/C13H20F2N2O/c1-10(8-16-5-6-18-2)17-9-11-3-4-12(14)13(15)7-11/h3-4,7,10,16-17H,5-6,8-9H2,1-2H3. The Kier molecular flexibility index (Phi) is 6.78. The van der Waals surface area contributed by atoms with E-state index >= 15 is 0 Å². The minimum atomic E-state index is -0.812. The Morgan fingerprint density at radius 1 is 1.28 bits per heavy atom. The highest BCUT2D eigenvalue weighted by atomic mass is 19.2. The Morgan fingerprint density at radius 2 is 2.06 bits per heavy atom. The van der Waals surface area contributed by atoms with Crippen LogP contribution in [0.15, 0.2) is 18.2 Å². The lowest BCUT2D eigenvalue weighted by atomic mass is 10.2. The smallest absolute Gasteiger partial charge is 0.159 e. The van der Waals surface area contributed by atoms with Gasteiger partial charge in [0.1, 0.15) is 0 Å². The van der Waals surface area contributed by atoms with Crippen LogP contribution in [0, 0.1) is 11.6 Å². The summed E-state index contributed by atoms with van der Waals surface area (Å²) in [6, 6.07) is 4.19. The van der Waals surface area contributed by atoms with Gasteiger partial charge >= 0.3 is 0 Å². The highest BCUT2D eigenvalue weighted by molar-refractivity contribution is 5.17. The third kappa shape index (κ3) is 5.53. The molecule has 0 aliphatic heterocycles. The van der Waals surface area contributed by atoms with Crippen molar-refractivity contribution in [3.8, 4) is 0 Å². The fraction of sp³-hybridized carbons (Fsp3) is 0.538. The summed E-state index contributed by atoms with van der Waals surface area (Å²) in [5.74, 6) is -1.62. The van der Waals surface area contributed by atoms with Crippen LogP contribution in [0.5, 0.6) is 0 Å². The molecule has 1 unspecified atom stereocenters. The number of ether oxygens (including phenoxy) is 1. The molecular formula is C13H20F2N2O. The molecule has 0 heterocycles. The van der Waals surface area contributed by atoms with Gasteiger partial charge in [-0.3, -0.25) is 0 Å². The molecule has 0 radical (unpaired) electrons. The predicted octanol–water partition coefficient (Wildman–Crippen LogP) is 1.68. The zero-order valence-corrected chi connectivity index (χ0v) is 10.8. The van der Waals surface area contributed by atoms with Crippen LogP contribution < -0.4 is 10.6 Å². The van der Waals surface area contributed by atoms with Gasteiger partial charge in [-0.25, -0.2) is 8.78 Å². The molecule has 18 heavy (non-hydrogen) atoms. The van der Waals surface area contributed by atoms with Crippen LogP contribution in [-0.2, 0) is 11.3 Å². The number of halogens is 2. The Hall–Kier alpha value is -1.04. The first-order valence-corrected chi connectivity index (χ1v) is 6.00. The van der Waals surface area contributed by atoms with E-state index in [0.717, 1.165) is 24.7 Å². The summed E-state index contributed by atoms with van der Waals surface area (Å²) in [5.41, 5.74) is 0.734. The van der Waals surface area contributed by atoms with Gasteiger partial charge in [0.25, 0.3) is 0 Å². The summed E-state index contributed by atoms with van der Waals surface area (Å²) in [4.78, 5) is 0. The van der Waals surface area contributed by atoms with Crippen molar-refractivity contribution < 1.29 is 13.5 Å². The summed E-state index contributed by atoms with van der Waals surface area (Å²) >= 11 is 0. The van der Waals surface area contributed by atoms with Gasteiger partial charge in [0.2, 0.25) is 0 Å². The maximum absolute atomic E-state index is 13.0. The second kappa shape index (κ2) is 8.13. The van der Waals surface area contributed by atoms with Crippen molar-refractivity contribution in [1.29, 1.82) is 0 Å². The van der Waals surface area contributed by atoms with E-state index in [0.29, 0.717) is 13.2 Å². The van der Waals surface area contributed by atoms with Gasteiger partial charge < -0.3 is 15.4 Å². The fourth-order valence-corrected chi connectivity index (χ4v) is 1.51. The molecule has 0 aromatic heterocycles. The molecule has 0 spiro atoms. The third-order valence-corrected chi connectivity index (χ3v) is 2.57. The molecule has 1 atom stereocenters. The lowest BCUT2D eigenvalue weighted by Crippen LogP contribution is -2.37. The van der Waals surface area contributed by atoms with E-state index in [-0.39, 0.29) is 6.04 Å². The number of nitrogens with one attached hydrogen (secondary N) is 2. The Morgan fingerprint density at radius 3 is 2.72 bits per heavy atom. The van der Waals surface area contributed by atoms with Crippen molar-refractivity contribution in [2.45, 2.75) is 19.5 Å². The first-order valence-electron chi connectivity index (χ1n) is 6.00. The van der Waals surface area contributed by atoms with Crippen molar-refractivity contribution in [2.75, 3.05) is 26.8 Å². The van der Waals surface area contributed by atoms with E-state index in [1.165, 1.54) is 6.07 Å². The largest absolute Gasteiger partial charge is 0.383 e. The molecule has 0 aliphatic rings. The van der Waals surface area contributed by atoms with Crippen LogP contribution in [0.1, 0.15) is 12.5 Å². The van der Waals surface area contributed by atoms with Crippen molar-refractivity contribution in [3.63, 3.8) is 0 Å². The third-order valence-electron chi connectivity index (χ3n) is 2.57. The van der Waals surface area contributed by atoms with Gasteiger partial charge in [-0.1, -0.05) is 6.07 Å². The minimum absolute atomic E-state index is 0.245. The van der Waals surface area contributed by atoms with Gasteiger partial charge in [0.15, 0.2) is 11.6 Å². The van der Waals surface area contributed by atoms with Gasteiger partial charge in [0.05, 0.1) is 6.61 Å². The highest BCUT2D eigenvalue weighted by Gasteiger charge is 2.04. The van der Waals surface area contributed by atoms with E-state index in [1.807, 2.05) is 6.92 Å². The summed E-state index contributed by atoms with van der Waals surface area (Å²) in [6.45, 7) is 4.82. The zero-order chi connectivity index (χ0) is 13.4. The summed E-state index contributed by atoms with van der Waals surface area (Å²) in [6.07, 6.45) is 0. The molecule has 0 bridgehead atoms. The normalized spacial score (nSPS) is 12.7. The maximum Gasteiger partial charge on any atom is 0.159 e. The molecular weight excluding hydrogens is 238 g/mol. The molecule has 0 saturated carbocycles. The number of benzene rings is 1. The Labute approximate surface area is 107 Å². The number of rotatable bonds is 8. The van der Waals surface area contributed by atoms with Gasteiger partial charge in [-0.2, -0.15) is 0 Å². The van der Waals surface area contributed by atoms with E-state index in [2.05, 4.69) is 10.6 Å².